The van der Waals surface area contributed by atoms with E-state index in [0.29, 0.717) is 0 Å². The average Bonchev–Trinajstić information content (AvgIpc) is 2.19. The summed E-state index contributed by atoms with van der Waals surface area (Å²) in [6, 6.07) is 5.89. The summed E-state index contributed by atoms with van der Waals surface area (Å²) in [5.41, 5.74) is 6.34. The average molecular weight is 260 g/mol. The Balaban J connectivity index is 2.63. The second kappa shape index (κ2) is 4.63. The van der Waals surface area contributed by atoms with Crippen LogP contribution in [0.5, 0.6) is 0 Å². The molecule has 0 saturated carbocycles. The normalized spacial score (nSPS) is 14.5. The molecule has 0 bridgehead atoms. The van der Waals surface area contributed by atoms with Gasteiger partial charge >= 0.3 is 0 Å². The summed E-state index contributed by atoms with van der Waals surface area (Å²) in [6.45, 7) is 0. The van der Waals surface area contributed by atoms with Crippen molar-refractivity contribution in [3.8, 4) is 0 Å². The molecule has 0 nitrogen and oxygen atoms in total. The summed E-state index contributed by atoms with van der Waals surface area (Å²) in [6.07, 6.45) is 3.04. The quantitative estimate of drug-likeness (QED) is 0.577. The number of hydrogen-bond donors (Lipinski definition) is 0. The van der Waals surface area contributed by atoms with Crippen LogP contribution in [0.1, 0.15) is 24.0 Å². The van der Waals surface area contributed by atoms with E-state index < -0.39 is 0 Å². The Bertz CT molecular complexity index is 450. The second-order valence-corrected chi connectivity index (χ2v) is 4.84. The largest absolute Gasteiger partial charge is 0.149 e. The third kappa shape index (κ3) is 2.41. The van der Waals surface area contributed by atoms with Crippen LogP contribution in [0.25, 0.3) is 5.57 Å². The molecule has 3 heteroatoms. The highest BCUT2D eigenvalue weighted by atomic mass is 35.5. The van der Waals surface area contributed by atoms with Gasteiger partial charge in [0.05, 0.1) is 0 Å². The van der Waals surface area contributed by atoms with Gasteiger partial charge in [-0.15, -0.1) is 0 Å². The SMILES string of the molecule is ClC(Cl)=C=C1CCCc2c(Cl)cccc21. The molecule has 1 aromatic rings. The molecular weight excluding hydrogens is 250 g/mol. The lowest BCUT2D eigenvalue weighted by atomic mass is 9.88. The molecule has 0 radical (unpaired) electrons. The Labute approximate surface area is 104 Å². The molecule has 78 valence electrons. The van der Waals surface area contributed by atoms with Crippen LogP contribution in [-0.2, 0) is 6.42 Å². The van der Waals surface area contributed by atoms with Gasteiger partial charge in [-0.1, -0.05) is 52.7 Å². The van der Waals surface area contributed by atoms with Crippen LogP contribution in [-0.4, -0.2) is 0 Å². The number of hydrogen-bond acceptors (Lipinski definition) is 0. The van der Waals surface area contributed by atoms with Gasteiger partial charge in [-0.3, -0.25) is 0 Å². The number of rotatable bonds is 0. The van der Waals surface area contributed by atoms with Crippen molar-refractivity contribution in [2.24, 2.45) is 0 Å². The van der Waals surface area contributed by atoms with Crippen molar-refractivity contribution < 1.29 is 0 Å². The van der Waals surface area contributed by atoms with Crippen LogP contribution in [0.3, 0.4) is 0 Å². The zero-order chi connectivity index (χ0) is 10.8. The fraction of sp³-hybridized carbons (Fsp3) is 0.250. The fourth-order valence-corrected chi connectivity index (χ4v) is 2.41. The Morgan fingerprint density at radius 1 is 1.20 bits per heavy atom. The van der Waals surface area contributed by atoms with Gasteiger partial charge in [-0.05, 0) is 36.5 Å². The van der Waals surface area contributed by atoms with E-state index in [1.165, 1.54) is 5.56 Å². The van der Waals surface area contributed by atoms with Crippen molar-refractivity contribution in [2.45, 2.75) is 19.3 Å². The van der Waals surface area contributed by atoms with E-state index in [0.717, 1.165) is 35.4 Å². The predicted molar refractivity (Wildman–Crippen MR) is 66.5 cm³/mol. The molecule has 0 heterocycles. The highest BCUT2D eigenvalue weighted by Crippen LogP contribution is 2.34. The summed E-state index contributed by atoms with van der Waals surface area (Å²) >= 11 is 17.4. The molecule has 0 aromatic heterocycles. The molecule has 0 aliphatic heterocycles. The van der Waals surface area contributed by atoms with Crippen molar-refractivity contribution >= 4 is 40.4 Å². The number of halogens is 3. The molecule has 1 aromatic carbocycles. The van der Waals surface area contributed by atoms with E-state index in [1.807, 2.05) is 18.2 Å². The second-order valence-electron chi connectivity index (χ2n) is 3.48. The van der Waals surface area contributed by atoms with Gasteiger partial charge in [0, 0.05) is 10.6 Å². The smallest absolute Gasteiger partial charge is 0.0843 e. The van der Waals surface area contributed by atoms with Crippen molar-refractivity contribution in [2.75, 3.05) is 0 Å². The van der Waals surface area contributed by atoms with Gasteiger partial charge < -0.3 is 0 Å². The maximum absolute atomic E-state index is 6.13. The van der Waals surface area contributed by atoms with E-state index in [-0.39, 0.29) is 4.49 Å². The van der Waals surface area contributed by atoms with Crippen LogP contribution < -0.4 is 0 Å². The van der Waals surface area contributed by atoms with Crippen molar-refractivity contribution in [3.63, 3.8) is 0 Å². The van der Waals surface area contributed by atoms with Gasteiger partial charge in [-0.25, -0.2) is 0 Å². The zero-order valence-corrected chi connectivity index (χ0v) is 10.3. The molecule has 0 fully saturated rings. The molecule has 0 spiro atoms. The highest BCUT2D eigenvalue weighted by molar-refractivity contribution is 6.55. The van der Waals surface area contributed by atoms with E-state index in [9.17, 15) is 0 Å². The number of benzene rings is 1. The highest BCUT2D eigenvalue weighted by Gasteiger charge is 2.15. The van der Waals surface area contributed by atoms with Crippen molar-refractivity contribution in [3.05, 3.63) is 44.6 Å². The first-order chi connectivity index (χ1) is 7.18. The van der Waals surface area contributed by atoms with E-state index in [2.05, 4.69) is 5.73 Å². The molecule has 1 aliphatic carbocycles. The van der Waals surface area contributed by atoms with Gasteiger partial charge in [0.15, 0.2) is 0 Å². The van der Waals surface area contributed by atoms with Crippen LogP contribution in [0.2, 0.25) is 5.02 Å². The molecular formula is C12H9Cl3. The Morgan fingerprint density at radius 3 is 2.73 bits per heavy atom. The van der Waals surface area contributed by atoms with E-state index in [4.69, 9.17) is 34.8 Å². The Kier molecular flexibility index (Phi) is 3.43. The zero-order valence-electron chi connectivity index (χ0n) is 7.99. The van der Waals surface area contributed by atoms with Crippen molar-refractivity contribution in [1.82, 2.24) is 0 Å². The predicted octanol–water partition coefficient (Wildman–Crippen LogP) is 4.98. The summed E-state index contributed by atoms with van der Waals surface area (Å²) in [4.78, 5) is 0. The topological polar surface area (TPSA) is 0 Å². The summed E-state index contributed by atoms with van der Waals surface area (Å²) in [5.74, 6) is 0. The fourth-order valence-electron chi connectivity index (χ4n) is 1.92. The molecule has 0 amide bonds. The van der Waals surface area contributed by atoms with Crippen LogP contribution in [0, 0.1) is 0 Å². The number of allylic oxidation sites excluding steroid dienone is 1. The molecule has 0 saturated heterocycles. The van der Waals surface area contributed by atoms with E-state index in [1.54, 1.807) is 0 Å². The minimum atomic E-state index is 0.179. The minimum Gasteiger partial charge on any atom is -0.0843 e. The Hall–Kier alpha value is -0.390. The molecule has 0 N–H and O–H groups in total. The standard InChI is InChI=1S/C12H9Cl3/c13-11-6-2-4-9-8(7-12(14)15)3-1-5-10(9)11/h2,4,6H,1,3,5H2. The van der Waals surface area contributed by atoms with Crippen LogP contribution >= 0.6 is 34.8 Å². The third-order valence-electron chi connectivity index (χ3n) is 2.54. The maximum atomic E-state index is 6.13. The Morgan fingerprint density at radius 2 is 2.00 bits per heavy atom. The van der Waals surface area contributed by atoms with Crippen LogP contribution in [0.4, 0.5) is 0 Å². The molecule has 0 atom stereocenters. The van der Waals surface area contributed by atoms with Gasteiger partial charge in [-0.2, -0.15) is 0 Å². The molecule has 2 rings (SSSR count). The van der Waals surface area contributed by atoms with Gasteiger partial charge in [0.2, 0.25) is 0 Å². The van der Waals surface area contributed by atoms with Gasteiger partial charge in [0.1, 0.15) is 4.49 Å². The first-order valence-electron chi connectivity index (χ1n) is 4.77. The lowest BCUT2D eigenvalue weighted by Crippen LogP contribution is -2.01. The molecule has 1 aliphatic rings. The lowest BCUT2D eigenvalue weighted by molar-refractivity contribution is 0.823. The summed E-state index contributed by atoms with van der Waals surface area (Å²) < 4.78 is 0.179. The first kappa shape index (κ1) is 11.1. The van der Waals surface area contributed by atoms with Crippen LogP contribution in [0.15, 0.2) is 28.4 Å². The van der Waals surface area contributed by atoms with Gasteiger partial charge in [0.25, 0.3) is 0 Å². The third-order valence-corrected chi connectivity index (χ3v) is 3.09. The van der Waals surface area contributed by atoms with Crippen molar-refractivity contribution in [1.29, 1.82) is 0 Å². The number of fused-ring (bicyclic) bond motifs is 1. The monoisotopic (exact) mass is 258 g/mol. The summed E-state index contributed by atoms with van der Waals surface area (Å²) in [7, 11) is 0. The molecule has 0 unspecified atom stereocenters. The van der Waals surface area contributed by atoms with E-state index >= 15 is 0 Å². The summed E-state index contributed by atoms with van der Waals surface area (Å²) in [5, 5.41) is 0.817. The first-order valence-corrected chi connectivity index (χ1v) is 5.90. The maximum Gasteiger partial charge on any atom is 0.149 e. The lowest BCUT2D eigenvalue weighted by Gasteiger charge is -2.18. The minimum absolute atomic E-state index is 0.179. The molecule has 15 heavy (non-hydrogen) atoms.